The van der Waals surface area contributed by atoms with Crippen LogP contribution in [0.15, 0.2) is 12.2 Å². The van der Waals surface area contributed by atoms with E-state index in [-0.39, 0.29) is 5.97 Å². The van der Waals surface area contributed by atoms with Gasteiger partial charge in [0.15, 0.2) is 0 Å². The lowest BCUT2D eigenvalue weighted by molar-refractivity contribution is -0.134. The van der Waals surface area contributed by atoms with Crippen LogP contribution in [0.5, 0.6) is 0 Å². The Balaban J connectivity index is 3.05. The van der Waals surface area contributed by atoms with Crippen molar-refractivity contribution in [2.75, 3.05) is 13.7 Å². The van der Waals surface area contributed by atoms with Crippen molar-refractivity contribution >= 4 is 5.97 Å². The van der Waals surface area contributed by atoms with Gasteiger partial charge in [0, 0.05) is 12.7 Å². The SMILES string of the molecule is COC(=O)/C=C/CCCCCCCCCCCCCCCO. The summed E-state index contributed by atoms with van der Waals surface area (Å²) in [6.45, 7) is 0.349. The molecule has 3 heteroatoms. The van der Waals surface area contributed by atoms with Crippen molar-refractivity contribution in [1.82, 2.24) is 0 Å². The summed E-state index contributed by atoms with van der Waals surface area (Å²) in [5.41, 5.74) is 0. The monoisotopic (exact) mass is 312 g/mol. The van der Waals surface area contributed by atoms with Crippen LogP contribution in [-0.2, 0) is 9.53 Å². The third kappa shape index (κ3) is 17.2. The Morgan fingerprint density at radius 3 is 1.59 bits per heavy atom. The second-order valence-corrected chi connectivity index (χ2v) is 6.03. The van der Waals surface area contributed by atoms with Crippen molar-refractivity contribution in [1.29, 1.82) is 0 Å². The number of hydrogen-bond acceptors (Lipinski definition) is 3. The first kappa shape index (κ1) is 21.2. The molecule has 0 aliphatic heterocycles. The standard InChI is InChI=1S/C19H36O3/c1-22-19(21)17-15-13-11-9-7-5-3-2-4-6-8-10-12-14-16-18-20/h15,17,20H,2-14,16,18H2,1H3/b17-15+. The van der Waals surface area contributed by atoms with Gasteiger partial charge in [-0.25, -0.2) is 4.79 Å². The number of rotatable bonds is 16. The molecule has 0 amide bonds. The van der Waals surface area contributed by atoms with E-state index in [1.54, 1.807) is 0 Å². The molecule has 0 heterocycles. The molecule has 0 unspecified atom stereocenters. The van der Waals surface area contributed by atoms with Gasteiger partial charge < -0.3 is 9.84 Å². The van der Waals surface area contributed by atoms with Crippen LogP contribution in [0.25, 0.3) is 0 Å². The number of ether oxygens (including phenoxy) is 1. The van der Waals surface area contributed by atoms with Crippen molar-refractivity contribution in [2.24, 2.45) is 0 Å². The Bertz CT molecular complexity index is 261. The van der Waals surface area contributed by atoms with Gasteiger partial charge in [0.25, 0.3) is 0 Å². The molecule has 1 N–H and O–H groups in total. The highest BCUT2D eigenvalue weighted by Gasteiger charge is 1.94. The molecule has 0 aromatic heterocycles. The van der Waals surface area contributed by atoms with Gasteiger partial charge in [0.05, 0.1) is 7.11 Å². The highest BCUT2D eigenvalue weighted by Crippen LogP contribution is 2.13. The summed E-state index contributed by atoms with van der Waals surface area (Å²) in [5, 5.41) is 8.68. The fraction of sp³-hybridized carbons (Fsp3) is 0.842. The van der Waals surface area contributed by atoms with E-state index in [9.17, 15) is 4.79 Å². The van der Waals surface area contributed by atoms with Crippen LogP contribution in [0.2, 0.25) is 0 Å². The van der Waals surface area contributed by atoms with Crippen LogP contribution in [0, 0.1) is 0 Å². The smallest absolute Gasteiger partial charge is 0.330 e. The van der Waals surface area contributed by atoms with Crippen LogP contribution in [0.1, 0.15) is 89.9 Å². The molecule has 22 heavy (non-hydrogen) atoms. The molecule has 0 aliphatic rings. The van der Waals surface area contributed by atoms with Crippen molar-refractivity contribution in [3.63, 3.8) is 0 Å². The van der Waals surface area contributed by atoms with E-state index in [4.69, 9.17) is 5.11 Å². The minimum Gasteiger partial charge on any atom is -0.466 e. The van der Waals surface area contributed by atoms with Crippen molar-refractivity contribution < 1.29 is 14.6 Å². The van der Waals surface area contributed by atoms with E-state index in [2.05, 4.69) is 4.74 Å². The quantitative estimate of drug-likeness (QED) is 0.243. The molecule has 0 saturated carbocycles. The second-order valence-electron chi connectivity index (χ2n) is 6.03. The van der Waals surface area contributed by atoms with Crippen LogP contribution in [0.3, 0.4) is 0 Å². The maximum atomic E-state index is 10.8. The summed E-state index contributed by atoms with van der Waals surface area (Å²) in [5.74, 6) is -0.256. The third-order valence-corrected chi connectivity index (χ3v) is 3.98. The zero-order valence-corrected chi connectivity index (χ0v) is 14.5. The van der Waals surface area contributed by atoms with Gasteiger partial charge in [-0.2, -0.15) is 0 Å². The first-order chi connectivity index (χ1) is 10.8. The second kappa shape index (κ2) is 18.2. The van der Waals surface area contributed by atoms with Gasteiger partial charge in [-0.3, -0.25) is 0 Å². The molecular formula is C19H36O3. The third-order valence-electron chi connectivity index (χ3n) is 3.98. The largest absolute Gasteiger partial charge is 0.466 e. The fourth-order valence-corrected chi connectivity index (χ4v) is 2.57. The van der Waals surface area contributed by atoms with Crippen LogP contribution < -0.4 is 0 Å². The lowest BCUT2D eigenvalue weighted by atomic mass is 10.0. The number of aliphatic hydroxyl groups excluding tert-OH is 1. The Hall–Kier alpha value is -0.830. The summed E-state index contributed by atoms with van der Waals surface area (Å²) in [4.78, 5) is 10.8. The molecule has 0 spiro atoms. The minimum absolute atomic E-state index is 0.256. The van der Waals surface area contributed by atoms with Crippen molar-refractivity contribution in [3.8, 4) is 0 Å². The highest BCUT2D eigenvalue weighted by atomic mass is 16.5. The lowest BCUT2D eigenvalue weighted by Gasteiger charge is -2.02. The molecule has 0 rings (SSSR count). The summed E-state index contributed by atoms with van der Waals surface area (Å²) >= 11 is 0. The summed E-state index contributed by atoms with van der Waals surface area (Å²) in [6.07, 6.45) is 21.1. The average Bonchev–Trinajstić information content (AvgIpc) is 2.54. The fourth-order valence-electron chi connectivity index (χ4n) is 2.57. The molecule has 130 valence electrons. The number of allylic oxidation sites excluding steroid dienone is 1. The molecule has 0 aromatic carbocycles. The summed E-state index contributed by atoms with van der Waals surface area (Å²) in [7, 11) is 1.41. The molecule has 0 saturated heterocycles. The number of hydrogen-bond donors (Lipinski definition) is 1. The Labute approximate surface area is 137 Å². The highest BCUT2D eigenvalue weighted by molar-refractivity contribution is 5.81. The lowest BCUT2D eigenvalue weighted by Crippen LogP contribution is -1.93. The van der Waals surface area contributed by atoms with E-state index >= 15 is 0 Å². The van der Waals surface area contributed by atoms with Gasteiger partial charge in [0.1, 0.15) is 0 Å². The van der Waals surface area contributed by atoms with E-state index in [1.807, 2.05) is 6.08 Å². The predicted octanol–water partition coefficient (Wildman–Crippen LogP) is 5.17. The molecule has 0 radical (unpaired) electrons. The van der Waals surface area contributed by atoms with Gasteiger partial charge in [-0.05, 0) is 19.3 Å². The van der Waals surface area contributed by atoms with Crippen LogP contribution >= 0.6 is 0 Å². The van der Waals surface area contributed by atoms with Crippen LogP contribution in [0.4, 0.5) is 0 Å². The minimum atomic E-state index is -0.256. The molecule has 0 aliphatic carbocycles. The van der Waals surface area contributed by atoms with Gasteiger partial charge in [0.2, 0.25) is 0 Å². The molecule has 0 bridgehead atoms. The van der Waals surface area contributed by atoms with Gasteiger partial charge in [-0.15, -0.1) is 0 Å². The Morgan fingerprint density at radius 2 is 1.18 bits per heavy atom. The van der Waals surface area contributed by atoms with Crippen LogP contribution in [-0.4, -0.2) is 24.8 Å². The number of methoxy groups -OCH3 is 1. The Kier molecular flexibility index (Phi) is 17.5. The number of esters is 1. The first-order valence-corrected chi connectivity index (χ1v) is 9.16. The maximum absolute atomic E-state index is 10.8. The number of aliphatic hydroxyl groups is 1. The average molecular weight is 312 g/mol. The Morgan fingerprint density at radius 1 is 0.773 bits per heavy atom. The molecule has 0 fully saturated rings. The van der Waals surface area contributed by atoms with E-state index in [1.165, 1.54) is 90.2 Å². The van der Waals surface area contributed by atoms with Crippen molar-refractivity contribution in [2.45, 2.75) is 89.9 Å². The zero-order chi connectivity index (χ0) is 16.3. The maximum Gasteiger partial charge on any atom is 0.330 e. The van der Waals surface area contributed by atoms with E-state index in [0.717, 1.165) is 12.8 Å². The first-order valence-electron chi connectivity index (χ1n) is 9.16. The summed E-state index contributed by atoms with van der Waals surface area (Å²) < 4.78 is 4.54. The molecule has 0 aromatic rings. The molecular weight excluding hydrogens is 276 g/mol. The van der Waals surface area contributed by atoms with Gasteiger partial charge in [-0.1, -0.05) is 76.7 Å². The number of carbonyl (C=O) groups excluding carboxylic acids is 1. The molecule has 0 atom stereocenters. The topological polar surface area (TPSA) is 46.5 Å². The predicted molar refractivity (Wildman–Crippen MR) is 92.9 cm³/mol. The number of unbranched alkanes of at least 4 members (excludes halogenated alkanes) is 13. The number of carbonyl (C=O) groups is 1. The van der Waals surface area contributed by atoms with Gasteiger partial charge >= 0.3 is 5.97 Å². The normalized spacial score (nSPS) is 11.2. The van der Waals surface area contributed by atoms with E-state index in [0.29, 0.717) is 6.61 Å². The van der Waals surface area contributed by atoms with E-state index < -0.39 is 0 Å². The molecule has 3 nitrogen and oxygen atoms in total. The zero-order valence-electron chi connectivity index (χ0n) is 14.5. The summed E-state index contributed by atoms with van der Waals surface area (Å²) in [6, 6.07) is 0. The van der Waals surface area contributed by atoms with Crippen molar-refractivity contribution in [3.05, 3.63) is 12.2 Å².